The highest BCUT2D eigenvalue weighted by Crippen LogP contribution is 2.33. The van der Waals surface area contributed by atoms with E-state index in [0.717, 1.165) is 18.4 Å². The number of hydrogen-bond donors (Lipinski definition) is 1. The fraction of sp³-hybridized carbons (Fsp3) is 0.520. The lowest BCUT2D eigenvalue weighted by molar-refractivity contribution is 0.335. The summed E-state index contributed by atoms with van der Waals surface area (Å²) in [6.45, 7) is 17.0. The van der Waals surface area contributed by atoms with Gasteiger partial charge in [-0.3, -0.25) is 4.72 Å². The van der Waals surface area contributed by atoms with E-state index in [2.05, 4.69) is 32.4 Å². The zero-order valence-corrected chi connectivity index (χ0v) is 21.1. The summed E-state index contributed by atoms with van der Waals surface area (Å²) in [4.78, 5) is -0.941. The fourth-order valence-corrected chi connectivity index (χ4v) is 3.75. The van der Waals surface area contributed by atoms with Crippen LogP contribution in [0.5, 0.6) is 0 Å². The molecule has 0 aliphatic carbocycles. The molecule has 2 aromatic rings. The van der Waals surface area contributed by atoms with Crippen LogP contribution in [0.4, 0.5) is 22.0 Å². The lowest BCUT2D eigenvalue weighted by Gasteiger charge is -2.25. The second-order valence-corrected chi connectivity index (χ2v) is 8.83. The standard InChI is InChI=1S/C21H24F5NS.2C2H6/c1-5-13(10-21(2,3)4)14-8-6-12(7-9-14)11-27-28-20-18(25)16(23)15(22)17(24)19(20)26;2*1-2/h6-9,13,27H,5,10-11H2,1-4H3;2*1-2H3. The van der Waals surface area contributed by atoms with Crippen molar-refractivity contribution in [1.82, 2.24) is 4.72 Å². The Bertz CT molecular complexity index is 788. The maximum absolute atomic E-state index is 13.7. The third kappa shape index (κ3) is 8.74. The van der Waals surface area contributed by atoms with Gasteiger partial charge in [0.2, 0.25) is 5.82 Å². The summed E-state index contributed by atoms with van der Waals surface area (Å²) >= 11 is 0.382. The van der Waals surface area contributed by atoms with Gasteiger partial charge in [-0.25, -0.2) is 22.0 Å². The summed E-state index contributed by atoms with van der Waals surface area (Å²) in [5, 5.41) is 0. The maximum atomic E-state index is 13.7. The van der Waals surface area contributed by atoms with Crippen LogP contribution in [0.15, 0.2) is 29.2 Å². The molecule has 2 rings (SSSR count). The molecule has 0 saturated heterocycles. The van der Waals surface area contributed by atoms with Crippen molar-refractivity contribution in [2.75, 3.05) is 0 Å². The van der Waals surface area contributed by atoms with Crippen molar-refractivity contribution in [2.24, 2.45) is 5.41 Å². The molecule has 1 atom stereocenters. The van der Waals surface area contributed by atoms with E-state index in [-0.39, 0.29) is 12.0 Å². The van der Waals surface area contributed by atoms with E-state index < -0.39 is 34.0 Å². The molecule has 7 heteroatoms. The van der Waals surface area contributed by atoms with Crippen LogP contribution in [0.25, 0.3) is 0 Å². The molecular weight excluding hydrogens is 441 g/mol. The molecule has 182 valence electrons. The minimum Gasteiger partial charge on any atom is -0.255 e. The van der Waals surface area contributed by atoms with Gasteiger partial charge in [0, 0.05) is 6.54 Å². The Kier molecular flexibility index (Phi) is 13.8. The number of benzene rings is 2. The van der Waals surface area contributed by atoms with Crippen LogP contribution >= 0.6 is 11.9 Å². The second-order valence-electron chi connectivity index (χ2n) is 7.93. The lowest BCUT2D eigenvalue weighted by atomic mass is 9.80. The van der Waals surface area contributed by atoms with Crippen LogP contribution in [0.2, 0.25) is 0 Å². The van der Waals surface area contributed by atoms with Gasteiger partial charge in [0.05, 0.1) is 0 Å². The molecule has 0 aliphatic rings. The normalized spacial score (nSPS) is 11.8. The Morgan fingerprint density at radius 1 is 0.781 bits per heavy atom. The lowest BCUT2D eigenvalue weighted by Crippen LogP contribution is -2.12. The van der Waals surface area contributed by atoms with Gasteiger partial charge in [0.1, 0.15) is 4.90 Å². The molecule has 0 aromatic heterocycles. The van der Waals surface area contributed by atoms with Gasteiger partial charge in [-0.15, -0.1) is 0 Å². The van der Waals surface area contributed by atoms with E-state index in [4.69, 9.17) is 0 Å². The topological polar surface area (TPSA) is 12.0 Å². The van der Waals surface area contributed by atoms with Crippen molar-refractivity contribution in [3.63, 3.8) is 0 Å². The summed E-state index contributed by atoms with van der Waals surface area (Å²) in [5.74, 6) is -9.29. The first-order valence-corrected chi connectivity index (χ1v) is 11.9. The van der Waals surface area contributed by atoms with Crippen LogP contribution in [0.1, 0.15) is 85.3 Å². The van der Waals surface area contributed by atoms with Crippen molar-refractivity contribution >= 4 is 11.9 Å². The summed E-state index contributed by atoms with van der Waals surface area (Å²) in [5.41, 5.74) is 2.27. The van der Waals surface area contributed by atoms with E-state index in [0.29, 0.717) is 17.9 Å². The van der Waals surface area contributed by atoms with Gasteiger partial charge >= 0.3 is 0 Å². The molecule has 2 aromatic carbocycles. The molecule has 0 amide bonds. The van der Waals surface area contributed by atoms with Crippen LogP contribution < -0.4 is 4.72 Å². The van der Waals surface area contributed by atoms with Gasteiger partial charge in [-0.1, -0.05) is 79.7 Å². The number of halogens is 5. The molecule has 0 aliphatic heterocycles. The molecule has 32 heavy (non-hydrogen) atoms. The molecular formula is C25H36F5NS. The quantitative estimate of drug-likeness (QED) is 0.185. The number of nitrogens with one attached hydrogen (secondary N) is 1. The van der Waals surface area contributed by atoms with E-state index in [1.807, 2.05) is 52.0 Å². The van der Waals surface area contributed by atoms with E-state index in [1.165, 1.54) is 5.56 Å². The van der Waals surface area contributed by atoms with Crippen molar-refractivity contribution < 1.29 is 22.0 Å². The van der Waals surface area contributed by atoms with Crippen molar-refractivity contribution in [1.29, 1.82) is 0 Å². The van der Waals surface area contributed by atoms with Gasteiger partial charge in [0.25, 0.3) is 0 Å². The SMILES string of the molecule is CC.CC.CCC(CC(C)(C)C)c1ccc(CNSc2c(F)c(F)c(F)c(F)c2F)cc1. The summed E-state index contributed by atoms with van der Waals surface area (Å²) < 4.78 is 69.5. The Labute approximate surface area is 194 Å². The maximum Gasteiger partial charge on any atom is 0.200 e. The molecule has 0 heterocycles. The Morgan fingerprint density at radius 2 is 1.22 bits per heavy atom. The van der Waals surface area contributed by atoms with E-state index in [1.54, 1.807) is 0 Å². The highest BCUT2D eigenvalue weighted by Gasteiger charge is 2.26. The van der Waals surface area contributed by atoms with E-state index in [9.17, 15) is 22.0 Å². The predicted molar refractivity (Wildman–Crippen MR) is 125 cm³/mol. The second kappa shape index (κ2) is 14.5. The third-order valence-corrected chi connectivity index (χ3v) is 5.27. The van der Waals surface area contributed by atoms with Gasteiger partial charge < -0.3 is 0 Å². The summed E-state index contributed by atoms with van der Waals surface area (Å²) in [6.07, 6.45) is 2.07. The Hall–Kier alpha value is -1.60. The van der Waals surface area contributed by atoms with Gasteiger partial charge in [-0.2, -0.15) is 0 Å². The average Bonchev–Trinajstić information content (AvgIpc) is 2.79. The summed E-state index contributed by atoms with van der Waals surface area (Å²) in [6, 6.07) is 7.82. The van der Waals surface area contributed by atoms with Crippen molar-refractivity contribution in [3.05, 3.63) is 64.5 Å². The van der Waals surface area contributed by atoms with Gasteiger partial charge in [0.15, 0.2) is 23.3 Å². The molecule has 0 bridgehead atoms. The monoisotopic (exact) mass is 477 g/mol. The third-order valence-electron chi connectivity index (χ3n) is 4.42. The number of rotatable bonds is 7. The smallest absolute Gasteiger partial charge is 0.200 e. The van der Waals surface area contributed by atoms with Crippen molar-refractivity contribution in [2.45, 2.75) is 85.6 Å². The zero-order valence-electron chi connectivity index (χ0n) is 20.3. The first-order chi connectivity index (χ1) is 15.0. The molecule has 0 radical (unpaired) electrons. The molecule has 0 spiro atoms. The van der Waals surface area contributed by atoms with Crippen LogP contribution in [0, 0.1) is 34.5 Å². The molecule has 0 fully saturated rings. The Morgan fingerprint density at radius 3 is 1.62 bits per heavy atom. The minimum absolute atomic E-state index is 0.209. The fourth-order valence-electron chi connectivity index (χ4n) is 3.01. The van der Waals surface area contributed by atoms with E-state index >= 15 is 0 Å². The summed E-state index contributed by atoms with van der Waals surface area (Å²) in [7, 11) is 0. The molecule has 1 N–H and O–H groups in total. The Balaban J connectivity index is 0.00000227. The average molecular weight is 478 g/mol. The minimum atomic E-state index is -2.16. The zero-order chi connectivity index (χ0) is 25.1. The highest BCUT2D eigenvalue weighted by atomic mass is 32.2. The molecule has 0 saturated carbocycles. The molecule has 1 unspecified atom stereocenters. The first kappa shape index (κ1) is 30.4. The predicted octanol–water partition coefficient (Wildman–Crippen LogP) is 9.16. The van der Waals surface area contributed by atoms with Crippen LogP contribution in [-0.2, 0) is 6.54 Å². The van der Waals surface area contributed by atoms with Crippen LogP contribution in [-0.4, -0.2) is 0 Å². The first-order valence-electron chi connectivity index (χ1n) is 11.0. The highest BCUT2D eigenvalue weighted by molar-refractivity contribution is 7.97. The van der Waals surface area contributed by atoms with Gasteiger partial charge in [-0.05, 0) is 47.2 Å². The molecule has 1 nitrogen and oxygen atoms in total. The number of hydrogen-bond acceptors (Lipinski definition) is 2. The van der Waals surface area contributed by atoms with Crippen LogP contribution in [0.3, 0.4) is 0 Å². The van der Waals surface area contributed by atoms with Crippen molar-refractivity contribution in [3.8, 4) is 0 Å². The largest absolute Gasteiger partial charge is 0.255 e.